The first-order valence-electron chi connectivity index (χ1n) is 32.7. The predicted octanol–water partition coefficient (Wildman–Crippen LogP) is 22.4. The second-order valence-electron chi connectivity index (χ2n) is 21.6. The molecule has 1 unspecified atom stereocenters. The van der Waals surface area contributed by atoms with Gasteiger partial charge in [0.25, 0.3) is 0 Å². The molecule has 0 amide bonds. The van der Waals surface area contributed by atoms with E-state index >= 15 is 0 Å². The minimum atomic E-state index is -0.797. The molecule has 0 spiro atoms. The van der Waals surface area contributed by atoms with Crippen molar-refractivity contribution in [3.63, 3.8) is 0 Å². The van der Waals surface area contributed by atoms with Gasteiger partial charge in [-0.3, -0.25) is 14.4 Å². The Bertz CT molecular complexity index is 1510. The van der Waals surface area contributed by atoms with Gasteiger partial charge in [0.2, 0.25) is 0 Å². The van der Waals surface area contributed by atoms with Crippen molar-refractivity contribution in [1.29, 1.82) is 0 Å². The Hall–Kier alpha value is -3.67. The lowest BCUT2D eigenvalue weighted by Gasteiger charge is -2.18. The van der Waals surface area contributed by atoms with Gasteiger partial charge in [-0.2, -0.15) is 0 Å². The summed E-state index contributed by atoms with van der Waals surface area (Å²) in [7, 11) is 0. The van der Waals surface area contributed by atoms with Crippen molar-refractivity contribution in [2.24, 2.45) is 0 Å². The van der Waals surface area contributed by atoms with E-state index in [1.54, 1.807) is 0 Å². The van der Waals surface area contributed by atoms with Crippen LogP contribution in [0.1, 0.15) is 316 Å². The van der Waals surface area contributed by atoms with Crippen LogP contribution in [-0.4, -0.2) is 37.2 Å². The summed E-state index contributed by atoms with van der Waals surface area (Å²) in [6.45, 7) is 6.41. The lowest BCUT2D eigenvalue weighted by molar-refractivity contribution is -0.167. The van der Waals surface area contributed by atoms with E-state index in [4.69, 9.17) is 14.2 Å². The summed E-state index contributed by atoms with van der Waals surface area (Å²) in [5.74, 6) is -0.919. The molecule has 0 aliphatic carbocycles. The van der Waals surface area contributed by atoms with E-state index in [2.05, 4.69) is 118 Å². The number of allylic oxidation sites excluding steroid dienone is 16. The van der Waals surface area contributed by atoms with Crippen molar-refractivity contribution >= 4 is 17.9 Å². The molecule has 0 rings (SSSR count). The van der Waals surface area contributed by atoms with Crippen LogP contribution < -0.4 is 0 Å². The number of hydrogen-bond acceptors (Lipinski definition) is 6. The maximum absolute atomic E-state index is 12.9. The molecule has 0 fully saturated rings. The minimum absolute atomic E-state index is 0.0897. The molecule has 1 atom stereocenters. The lowest BCUT2D eigenvalue weighted by atomic mass is 10.0. The number of carbonyl (C=O) groups excluding carboxylic acids is 3. The van der Waals surface area contributed by atoms with Crippen molar-refractivity contribution < 1.29 is 28.6 Å². The Kier molecular flexibility index (Phi) is 61.8. The van der Waals surface area contributed by atoms with Gasteiger partial charge < -0.3 is 14.2 Å². The predicted molar refractivity (Wildman–Crippen MR) is 334 cm³/mol. The number of ether oxygens (including phenoxy) is 3. The van der Waals surface area contributed by atoms with E-state index in [0.29, 0.717) is 19.3 Å². The molecule has 6 nitrogen and oxygen atoms in total. The molecule has 0 aliphatic heterocycles. The quantitative estimate of drug-likeness (QED) is 0.0261. The molecule has 77 heavy (non-hydrogen) atoms. The van der Waals surface area contributed by atoms with Crippen LogP contribution in [-0.2, 0) is 28.6 Å². The molecule has 0 aliphatic rings. The summed E-state index contributed by atoms with van der Waals surface area (Å²) in [4.78, 5) is 38.2. The van der Waals surface area contributed by atoms with Gasteiger partial charge in [-0.25, -0.2) is 0 Å². The van der Waals surface area contributed by atoms with Crippen LogP contribution in [0.4, 0.5) is 0 Å². The van der Waals surface area contributed by atoms with Crippen molar-refractivity contribution in [2.45, 2.75) is 322 Å². The average molecular weight is 1070 g/mol. The summed E-state index contributed by atoms with van der Waals surface area (Å²) < 4.78 is 16.9. The van der Waals surface area contributed by atoms with Crippen molar-refractivity contribution in [3.8, 4) is 0 Å². The van der Waals surface area contributed by atoms with Gasteiger partial charge in [-0.05, 0) is 96.3 Å². The third-order valence-electron chi connectivity index (χ3n) is 14.1. The van der Waals surface area contributed by atoms with E-state index in [1.807, 2.05) is 0 Å². The fraction of sp³-hybridized carbons (Fsp3) is 0.732. The maximum Gasteiger partial charge on any atom is 0.306 e. The fourth-order valence-corrected chi connectivity index (χ4v) is 9.25. The van der Waals surface area contributed by atoms with E-state index in [0.717, 1.165) is 103 Å². The van der Waals surface area contributed by atoms with Crippen LogP contribution in [0.15, 0.2) is 97.2 Å². The van der Waals surface area contributed by atoms with Gasteiger partial charge in [0.05, 0.1) is 0 Å². The van der Waals surface area contributed by atoms with Gasteiger partial charge in [0.1, 0.15) is 13.2 Å². The normalized spacial score (nSPS) is 12.7. The third-order valence-corrected chi connectivity index (χ3v) is 14.1. The van der Waals surface area contributed by atoms with Crippen LogP contribution in [0, 0.1) is 0 Å². The van der Waals surface area contributed by atoms with Gasteiger partial charge in [-0.1, -0.05) is 298 Å². The van der Waals surface area contributed by atoms with E-state index in [-0.39, 0.29) is 37.5 Å². The monoisotopic (exact) mass is 1070 g/mol. The Morgan fingerprint density at radius 3 is 0.818 bits per heavy atom. The summed E-state index contributed by atoms with van der Waals surface area (Å²) in [5, 5.41) is 0. The van der Waals surface area contributed by atoms with Gasteiger partial charge in [-0.15, -0.1) is 0 Å². The van der Waals surface area contributed by atoms with Crippen molar-refractivity contribution in [1.82, 2.24) is 0 Å². The topological polar surface area (TPSA) is 78.9 Å². The first kappa shape index (κ1) is 73.3. The molecule has 0 aromatic heterocycles. The van der Waals surface area contributed by atoms with E-state index < -0.39 is 6.10 Å². The zero-order chi connectivity index (χ0) is 55.7. The van der Waals surface area contributed by atoms with Crippen LogP contribution >= 0.6 is 0 Å². The Balaban J connectivity index is 4.19. The first-order chi connectivity index (χ1) is 38.0. The molecule has 0 aromatic carbocycles. The summed E-state index contributed by atoms with van der Waals surface area (Å²) in [6, 6.07) is 0. The van der Waals surface area contributed by atoms with Gasteiger partial charge >= 0.3 is 17.9 Å². The number of hydrogen-bond donors (Lipinski definition) is 0. The Morgan fingerprint density at radius 2 is 0.506 bits per heavy atom. The molecule has 0 radical (unpaired) electrons. The second kappa shape index (κ2) is 64.9. The third kappa shape index (κ3) is 63.0. The number of rotatable bonds is 59. The number of unbranched alkanes of at least 4 members (excludes halogenated alkanes) is 32. The van der Waals surface area contributed by atoms with Crippen molar-refractivity contribution in [3.05, 3.63) is 97.2 Å². The Labute approximate surface area is 477 Å². The zero-order valence-electron chi connectivity index (χ0n) is 50.7. The highest BCUT2D eigenvalue weighted by atomic mass is 16.6. The molecular weight excluding hydrogens is 949 g/mol. The summed E-state index contributed by atoms with van der Waals surface area (Å²) in [6.07, 6.45) is 87.2. The average Bonchev–Trinajstić information content (AvgIpc) is 3.43. The molecule has 0 aromatic rings. The summed E-state index contributed by atoms with van der Waals surface area (Å²) in [5.41, 5.74) is 0. The molecule has 0 saturated carbocycles. The number of carbonyl (C=O) groups is 3. The first-order valence-corrected chi connectivity index (χ1v) is 32.7. The van der Waals surface area contributed by atoms with Gasteiger partial charge in [0, 0.05) is 19.3 Å². The van der Waals surface area contributed by atoms with E-state index in [1.165, 1.54) is 167 Å². The van der Waals surface area contributed by atoms with E-state index in [9.17, 15) is 14.4 Å². The molecule has 0 saturated heterocycles. The fourth-order valence-electron chi connectivity index (χ4n) is 9.25. The van der Waals surface area contributed by atoms with Crippen LogP contribution in [0.2, 0.25) is 0 Å². The highest BCUT2D eigenvalue weighted by Crippen LogP contribution is 2.17. The van der Waals surface area contributed by atoms with Crippen LogP contribution in [0.25, 0.3) is 0 Å². The van der Waals surface area contributed by atoms with Crippen molar-refractivity contribution in [2.75, 3.05) is 13.2 Å². The molecule has 0 heterocycles. The second-order valence-corrected chi connectivity index (χ2v) is 21.6. The smallest absolute Gasteiger partial charge is 0.306 e. The number of esters is 3. The Morgan fingerprint density at radius 1 is 0.273 bits per heavy atom. The SMILES string of the molecule is CC/C=C\C/C=C\C/C=C\C/C=C\CCCCCCCCCCCCCCCCCCCCC(=O)OCC(COC(=O)CCCCCCCCCCCCCCC)OC(=O)CCCC/C=C\C/C=C\C/C=C\C/C=C\CC. The minimum Gasteiger partial charge on any atom is -0.462 e. The highest BCUT2D eigenvalue weighted by Gasteiger charge is 2.19. The molecule has 0 N–H and O–H groups in total. The van der Waals surface area contributed by atoms with Crippen LogP contribution in [0.3, 0.4) is 0 Å². The zero-order valence-corrected chi connectivity index (χ0v) is 50.7. The van der Waals surface area contributed by atoms with Gasteiger partial charge in [0.15, 0.2) is 6.10 Å². The molecule has 0 bridgehead atoms. The molecule has 6 heteroatoms. The van der Waals surface area contributed by atoms with Crippen LogP contribution in [0.5, 0.6) is 0 Å². The summed E-state index contributed by atoms with van der Waals surface area (Å²) >= 11 is 0. The largest absolute Gasteiger partial charge is 0.462 e. The standard InChI is InChI=1S/C71H122O6/c1-4-7-10-13-16-19-22-25-27-28-29-30-31-32-33-34-35-36-37-38-39-40-41-42-44-46-49-52-55-58-61-64-70(73)76-67-68(66-75-69(72)63-60-57-54-51-48-45-24-21-18-15-12-9-6-3)77-71(74)65-62-59-56-53-50-47-43-26-23-20-17-14-11-8-5-2/h7-8,10-11,16-17,19-20,25-27,29-30,43,50,53,68H,4-6,9,12-15,18,21-24,28,31-42,44-49,51-52,54-67H2,1-3H3/b10-7-,11-8-,19-16-,20-17-,27-25-,30-29-,43-26-,53-50-. The lowest BCUT2D eigenvalue weighted by Crippen LogP contribution is -2.30. The molecule has 442 valence electrons. The highest BCUT2D eigenvalue weighted by molar-refractivity contribution is 5.71. The molecular formula is C71H122O6. The maximum atomic E-state index is 12.9.